The Morgan fingerprint density at radius 3 is 2.53 bits per heavy atom. The Morgan fingerprint density at radius 2 is 1.88 bits per heavy atom. The highest BCUT2D eigenvalue weighted by atomic mass is 32.2. The number of carbonyl (C=O) groups excluding carboxylic acids is 1. The van der Waals surface area contributed by atoms with E-state index >= 15 is 0 Å². The predicted octanol–water partition coefficient (Wildman–Crippen LogP) is 4.86. The van der Waals surface area contributed by atoms with Gasteiger partial charge in [0.25, 0.3) is 0 Å². The minimum Gasteiger partial charge on any atom is -0.464 e. The minimum atomic E-state index is -3.81. The third-order valence-electron chi connectivity index (χ3n) is 6.24. The molecular formula is C24H31N3O4S. The van der Waals surface area contributed by atoms with Crippen molar-refractivity contribution in [2.45, 2.75) is 74.6 Å². The van der Waals surface area contributed by atoms with E-state index < -0.39 is 15.8 Å². The summed E-state index contributed by atoms with van der Waals surface area (Å²) >= 11 is 0. The number of H-pyrrole nitrogens is 1. The quantitative estimate of drug-likeness (QED) is 0.552. The maximum Gasteiger partial charge on any atom is 0.354 e. The number of methoxy groups -OCH3 is 1. The van der Waals surface area contributed by atoms with E-state index in [0.717, 1.165) is 17.9 Å². The minimum absolute atomic E-state index is 0.0231. The molecule has 4 rings (SSSR count). The molecule has 3 aromatic rings. The number of sulfone groups is 1. The Morgan fingerprint density at radius 1 is 1.16 bits per heavy atom. The number of hydrogen-bond donors (Lipinski definition) is 1. The van der Waals surface area contributed by atoms with Gasteiger partial charge in [-0.25, -0.2) is 18.2 Å². The Hall–Kier alpha value is -2.61. The molecule has 0 bridgehead atoms. The molecule has 0 aliphatic heterocycles. The Balaban J connectivity index is 1.75. The van der Waals surface area contributed by atoms with Crippen LogP contribution in [0.2, 0.25) is 0 Å². The number of imidazole rings is 1. The first-order valence-electron chi connectivity index (χ1n) is 11.1. The van der Waals surface area contributed by atoms with Crippen LogP contribution in [0.1, 0.15) is 69.2 Å². The summed E-state index contributed by atoms with van der Waals surface area (Å²) < 4.78 is 33.3. The van der Waals surface area contributed by atoms with E-state index in [0.29, 0.717) is 11.4 Å². The van der Waals surface area contributed by atoms with Crippen LogP contribution in [0.5, 0.6) is 0 Å². The highest BCUT2D eigenvalue weighted by Gasteiger charge is 2.27. The van der Waals surface area contributed by atoms with E-state index in [9.17, 15) is 13.2 Å². The third-order valence-corrected chi connectivity index (χ3v) is 7.97. The molecule has 172 valence electrons. The van der Waals surface area contributed by atoms with Gasteiger partial charge in [-0.3, -0.25) is 0 Å². The number of aromatic amines is 1. The molecule has 0 spiro atoms. The average Bonchev–Trinajstić information content (AvgIpc) is 3.39. The van der Waals surface area contributed by atoms with E-state index in [1.807, 2.05) is 6.07 Å². The summed E-state index contributed by atoms with van der Waals surface area (Å²) in [5.41, 5.74) is 1.57. The molecule has 0 saturated heterocycles. The second kappa shape index (κ2) is 8.39. The molecule has 0 unspecified atom stereocenters. The van der Waals surface area contributed by atoms with Crippen molar-refractivity contribution in [2.75, 3.05) is 7.11 Å². The maximum atomic E-state index is 13.2. The molecule has 2 heterocycles. The fourth-order valence-corrected chi connectivity index (χ4v) is 5.83. The van der Waals surface area contributed by atoms with Gasteiger partial charge >= 0.3 is 5.97 Å². The molecule has 1 fully saturated rings. The Labute approximate surface area is 189 Å². The van der Waals surface area contributed by atoms with Gasteiger partial charge in [-0.15, -0.1) is 0 Å². The number of benzene rings is 1. The summed E-state index contributed by atoms with van der Waals surface area (Å²) in [4.78, 5) is 19.4. The smallest absolute Gasteiger partial charge is 0.354 e. The van der Waals surface area contributed by atoms with E-state index in [4.69, 9.17) is 4.98 Å². The van der Waals surface area contributed by atoms with Gasteiger partial charge in [0.05, 0.1) is 27.9 Å². The second-order valence-electron chi connectivity index (χ2n) is 9.69. The Kier molecular flexibility index (Phi) is 5.92. The highest BCUT2D eigenvalue weighted by molar-refractivity contribution is 7.91. The number of aromatic nitrogens is 3. The van der Waals surface area contributed by atoms with Gasteiger partial charge in [-0.2, -0.15) is 0 Å². The van der Waals surface area contributed by atoms with Crippen molar-refractivity contribution >= 4 is 26.8 Å². The van der Waals surface area contributed by atoms with Crippen molar-refractivity contribution in [3.63, 3.8) is 0 Å². The molecule has 32 heavy (non-hydrogen) atoms. The Bertz CT molecular complexity index is 1240. The van der Waals surface area contributed by atoms with Crippen molar-refractivity contribution in [3.8, 4) is 0 Å². The summed E-state index contributed by atoms with van der Waals surface area (Å²) in [5, 5.41) is 0. The fraction of sp³-hybridized carbons (Fsp3) is 0.500. The molecule has 1 aliphatic rings. The number of carbonyl (C=O) groups is 1. The van der Waals surface area contributed by atoms with Crippen LogP contribution >= 0.6 is 0 Å². The lowest BCUT2D eigenvalue weighted by Gasteiger charge is -2.26. The monoisotopic (exact) mass is 457 g/mol. The molecule has 0 radical (unpaired) electrons. The summed E-state index contributed by atoms with van der Waals surface area (Å²) in [6.45, 7) is 7.32. The zero-order chi connectivity index (χ0) is 23.1. The molecule has 0 amide bonds. The number of ether oxygens (including phenoxy) is 1. The van der Waals surface area contributed by atoms with E-state index in [2.05, 4.69) is 35.1 Å². The van der Waals surface area contributed by atoms with E-state index in [1.54, 1.807) is 12.1 Å². The van der Waals surface area contributed by atoms with E-state index in [-0.39, 0.29) is 20.9 Å². The first-order chi connectivity index (χ1) is 15.1. The standard InChI is InChI=1S/C24H31N3O4S/c1-24(2,3)23-26-19-12-17(32(29,30)18-13-20(25-14-18)22(28)31-4)10-11-21(19)27(23)15-16-8-6-5-7-9-16/h10-14,16,25H,5-9,15H2,1-4H3. The lowest BCUT2D eigenvalue weighted by Crippen LogP contribution is -2.22. The van der Waals surface area contributed by atoms with Gasteiger partial charge in [-0.05, 0) is 43.0 Å². The number of nitrogens with zero attached hydrogens (tertiary/aromatic N) is 2. The van der Waals surface area contributed by atoms with Crippen molar-refractivity contribution in [3.05, 3.63) is 42.0 Å². The molecule has 1 saturated carbocycles. The molecule has 7 nitrogen and oxygen atoms in total. The number of hydrogen-bond acceptors (Lipinski definition) is 5. The van der Waals surface area contributed by atoms with Gasteiger partial charge in [0.2, 0.25) is 9.84 Å². The van der Waals surface area contributed by atoms with Crippen LogP contribution in [-0.2, 0) is 26.5 Å². The third kappa shape index (κ3) is 4.20. The first-order valence-corrected chi connectivity index (χ1v) is 12.6. The molecule has 0 atom stereocenters. The van der Waals surface area contributed by atoms with Crippen LogP contribution in [0.3, 0.4) is 0 Å². The van der Waals surface area contributed by atoms with Gasteiger partial charge in [0, 0.05) is 18.2 Å². The maximum absolute atomic E-state index is 13.2. The van der Waals surface area contributed by atoms with Crippen LogP contribution in [0.4, 0.5) is 0 Å². The lowest BCUT2D eigenvalue weighted by atomic mass is 9.88. The largest absolute Gasteiger partial charge is 0.464 e. The number of esters is 1. The van der Waals surface area contributed by atoms with Crippen LogP contribution in [0.15, 0.2) is 40.3 Å². The summed E-state index contributed by atoms with van der Waals surface area (Å²) in [6.07, 6.45) is 7.63. The zero-order valence-electron chi connectivity index (χ0n) is 19.1. The summed E-state index contributed by atoms with van der Waals surface area (Å²) in [6, 6.07) is 6.44. The predicted molar refractivity (Wildman–Crippen MR) is 123 cm³/mol. The lowest BCUT2D eigenvalue weighted by molar-refractivity contribution is 0.0594. The molecule has 1 N–H and O–H groups in total. The van der Waals surface area contributed by atoms with Crippen LogP contribution in [-0.4, -0.2) is 36.0 Å². The average molecular weight is 458 g/mol. The van der Waals surface area contributed by atoms with Crippen molar-refractivity contribution < 1.29 is 17.9 Å². The molecule has 8 heteroatoms. The van der Waals surface area contributed by atoms with Crippen LogP contribution < -0.4 is 0 Å². The van der Waals surface area contributed by atoms with Crippen LogP contribution in [0, 0.1) is 5.92 Å². The second-order valence-corrected chi connectivity index (χ2v) is 11.6. The highest BCUT2D eigenvalue weighted by Crippen LogP contribution is 2.33. The SMILES string of the molecule is COC(=O)c1cc(S(=O)(=O)c2ccc3c(c2)nc(C(C)(C)C)n3CC2CCCCC2)c[nH]1. The number of fused-ring (bicyclic) bond motifs is 1. The summed E-state index contributed by atoms with van der Waals surface area (Å²) in [5.74, 6) is 0.989. The van der Waals surface area contributed by atoms with Gasteiger partial charge in [-0.1, -0.05) is 40.0 Å². The fourth-order valence-electron chi connectivity index (χ4n) is 4.56. The molecule has 1 aromatic carbocycles. The first kappa shape index (κ1) is 22.6. The molecule has 1 aliphatic carbocycles. The van der Waals surface area contributed by atoms with Crippen LogP contribution in [0.25, 0.3) is 11.0 Å². The van der Waals surface area contributed by atoms with Gasteiger partial charge in [0.15, 0.2) is 0 Å². The van der Waals surface area contributed by atoms with Gasteiger partial charge < -0.3 is 14.3 Å². The summed E-state index contributed by atoms with van der Waals surface area (Å²) in [7, 11) is -2.55. The van der Waals surface area contributed by atoms with Crippen molar-refractivity contribution in [2.24, 2.45) is 5.92 Å². The number of rotatable bonds is 5. The molecule has 2 aromatic heterocycles. The zero-order valence-corrected chi connectivity index (χ0v) is 20.0. The van der Waals surface area contributed by atoms with E-state index in [1.165, 1.54) is 51.5 Å². The van der Waals surface area contributed by atoms with Crippen molar-refractivity contribution in [1.29, 1.82) is 0 Å². The van der Waals surface area contributed by atoms with Crippen molar-refractivity contribution in [1.82, 2.24) is 14.5 Å². The van der Waals surface area contributed by atoms with Gasteiger partial charge in [0.1, 0.15) is 11.5 Å². The normalized spacial score (nSPS) is 15.9. The topological polar surface area (TPSA) is 94.1 Å². The number of nitrogens with one attached hydrogen (secondary N) is 1. The molecular weight excluding hydrogens is 426 g/mol.